The number of hydrogen-bond acceptors (Lipinski definition) is 3. The standard InChI is InChI=1S/C19H28N4S/c1-5-17-12-21-18(24-17)13-23-19(20-6-2)22-11-15(4)16-9-7-8-14(3)10-16/h7-10,12,15H,5-6,11,13H2,1-4H3,(H2,20,22,23). The van der Waals surface area contributed by atoms with Gasteiger partial charge >= 0.3 is 0 Å². The molecule has 0 spiro atoms. The number of hydrogen-bond donors (Lipinski definition) is 2. The summed E-state index contributed by atoms with van der Waals surface area (Å²) in [5, 5.41) is 7.82. The minimum absolute atomic E-state index is 0.431. The number of benzene rings is 1. The van der Waals surface area contributed by atoms with E-state index in [1.54, 1.807) is 11.3 Å². The van der Waals surface area contributed by atoms with Crippen molar-refractivity contribution in [1.29, 1.82) is 0 Å². The van der Waals surface area contributed by atoms with E-state index >= 15 is 0 Å². The van der Waals surface area contributed by atoms with Gasteiger partial charge in [0.05, 0.1) is 6.54 Å². The Kier molecular flexibility index (Phi) is 7.25. The fourth-order valence-electron chi connectivity index (χ4n) is 2.42. The van der Waals surface area contributed by atoms with Gasteiger partial charge in [0.15, 0.2) is 5.96 Å². The first-order valence-electron chi connectivity index (χ1n) is 8.64. The molecule has 1 aromatic carbocycles. The Balaban J connectivity index is 1.93. The van der Waals surface area contributed by atoms with E-state index in [0.29, 0.717) is 12.5 Å². The molecular weight excluding hydrogens is 316 g/mol. The summed E-state index contributed by atoms with van der Waals surface area (Å²) in [5.41, 5.74) is 2.65. The van der Waals surface area contributed by atoms with E-state index in [-0.39, 0.29) is 0 Å². The second-order valence-corrected chi connectivity index (χ2v) is 7.16. The Morgan fingerprint density at radius 2 is 2.12 bits per heavy atom. The summed E-state index contributed by atoms with van der Waals surface area (Å²) in [6, 6.07) is 8.69. The molecule has 24 heavy (non-hydrogen) atoms. The molecule has 1 aromatic heterocycles. The minimum Gasteiger partial charge on any atom is -0.357 e. The molecule has 1 atom stereocenters. The van der Waals surface area contributed by atoms with Crippen molar-refractivity contribution < 1.29 is 0 Å². The molecule has 0 aliphatic rings. The van der Waals surface area contributed by atoms with Gasteiger partial charge in [-0.3, -0.25) is 0 Å². The lowest BCUT2D eigenvalue weighted by Gasteiger charge is -2.16. The van der Waals surface area contributed by atoms with Crippen LogP contribution in [0, 0.1) is 6.92 Å². The number of aryl methyl sites for hydroxylation is 2. The largest absolute Gasteiger partial charge is 0.357 e. The average Bonchev–Trinajstić information content (AvgIpc) is 3.05. The fraction of sp³-hybridized carbons (Fsp3) is 0.474. The van der Waals surface area contributed by atoms with Gasteiger partial charge in [0.1, 0.15) is 5.01 Å². The summed E-state index contributed by atoms with van der Waals surface area (Å²) in [5.74, 6) is 1.28. The van der Waals surface area contributed by atoms with E-state index in [1.165, 1.54) is 16.0 Å². The maximum absolute atomic E-state index is 4.66. The van der Waals surface area contributed by atoms with Crippen molar-refractivity contribution in [2.75, 3.05) is 13.1 Å². The first-order chi connectivity index (χ1) is 11.6. The molecule has 2 rings (SSSR count). The van der Waals surface area contributed by atoms with Gasteiger partial charge in [0.25, 0.3) is 0 Å². The number of aliphatic imine (C=N–C) groups is 1. The van der Waals surface area contributed by atoms with Crippen LogP contribution in [-0.2, 0) is 13.0 Å². The predicted molar refractivity (Wildman–Crippen MR) is 104 cm³/mol. The molecule has 0 bridgehead atoms. The zero-order valence-electron chi connectivity index (χ0n) is 15.1. The molecule has 2 aromatic rings. The van der Waals surface area contributed by atoms with Crippen LogP contribution >= 0.6 is 11.3 Å². The SMILES string of the molecule is CCNC(=NCc1ncc(CC)s1)NCC(C)c1cccc(C)c1. The summed E-state index contributed by atoms with van der Waals surface area (Å²) in [6.45, 7) is 10.9. The third-order valence-electron chi connectivity index (χ3n) is 3.85. The van der Waals surface area contributed by atoms with E-state index < -0.39 is 0 Å². The third kappa shape index (κ3) is 5.64. The quantitative estimate of drug-likeness (QED) is 0.592. The molecule has 0 aliphatic carbocycles. The number of nitrogens with one attached hydrogen (secondary N) is 2. The highest BCUT2D eigenvalue weighted by molar-refractivity contribution is 7.11. The van der Waals surface area contributed by atoms with Crippen LogP contribution in [0.25, 0.3) is 0 Å². The fourth-order valence-corrected chi connectivity index (χ4v) is 3.20. The van der Waals surface area contributed by atoms with Gasteiger partial charge in [0.2, 0.25) is 0 Å². The minimum atomic E-state index is 0.431. The summed E-state index contributed by atoms with van der Waals surface area (Å²) < 4.78 is 0. The molecule has 5 heteroatoms. The second kappa shape index (κ2) is 9.42. The first-order valence-corrected chi connectivity index (χ1v) is 9.46. The Morgan fingerprint density at radius 1 is 1.29 bits per heavy atom. The highest BCUT2D eigenvalue weighted by atomic mass is 32.1. The number of guanidine groups is 1. The van der Waals surface area contributed by atoms with Crippen molar-refractivity contribution in [3.8, 4) is 0 Å². The van der Waals surface area contributed by atoms with Gasteiger partial charge in [-0.25, -0.2) is 9.98 Å². The summed E-state index contributed by atoms with van der Waals surface area (Å²) >= 11 is 1.74. The Bertz CT molecular complexity index is 663. The first kappa shape index (κ1) is 18.5. The van der Waals surface area contributed by atoms with Crippen LogP contribution in [0.5, 0.6) is 0 Å². The third-order valence-corrected chi connectivity index (χ3v) is 4.98. The van der Waals surface area contributed by atoms with Crippen molar-refractivity contribution in [1.82, 2.24) is 15.6 Å². The Morgan fingerprint density at radius 3 is 2.79 bits per heavy atom. The molecule has 0 fully saturated rings. The lowest BCUT2D eigenvalue weighted by molar-refractivity contribution is 0.699. The van der Waals surface area contributed by atoms with Gasteiger partial charge in [-0.1, -0.05) is 43.7 Å². The van der Waals surface area contributed by atoms with Crippen molar-refractivity contribution in [2.24, 2.45) is 4.99 Å². The molecule has 0 aliphatic heterocycles. The van der Waals surface area contributed by atoms with Gasteiger partial charge in [-0.05, 0) is 31.7 Å². The molecule has 1 unspecified atom stereocenters. The van der Waals surface area contributed by atoms with Gasteiger partial charge in [0, 0.05) is 24.2 Å². The van der Waals surface area contributed by atoms with Crippen LogP contribution in [0.15, 0.2) is 35.5 Å². The summed E-state index contributed by atoms with van der Waals surface area (Å²) in [7, 11) is 0. The Hall–Kier alpha value is -1.88. The molecule has 130 valence electrons. The Labute approximate surface area is 149 Å². The van der Waals surface area contributed by atoms with E-state index in [4.69, 9.17) is 0 Å². The maximum atomic E-state index is 4.66. The molecule has 4 nitrogen and oxygen atoms in total. The molecule has 1 heterocycles. The van der Waals surface area contributed by atoms with Gasteiger partial charge in [-0.2, -0.15) is 0 Å². The zero-order valence-corrected chi connectivity index (χ0v) is 15.9. The van der Waals surface area contributed by atoms with Crippen molar-refractivity contribution in [3.63, 3.8) is 0 Å². The predicted octanol–water partition coefficient (Wildman–Crippen LogP) is 3.87. The van der Waals surface area contributed by atoms with Crippen LogP contribution in [0.1, 0.15) is 47.7 Å². The molecule has 0 radical (unpaired) electrons. The highest BCUT2D eigenvalue weighted by Gasteiger charge is 2.07. The number of aromatic nitrogens is 1. The molecule has 0 saturated carbocycles. The average molecular weight is 345 g/mol. The zero-order chi connectivity index (χ0) is 17.4. The number of thiazole rings is 1. The van der Waals surface area contributed by atoms with Crippen molar-refractivity contribution in [3.05, 3.63) is 51.5 Å². The monoisotopic (exact) mass is 344 g/mol. The van der Waals surface area contributed by atoms with Gasteiger partial charge < -0.3 is 10.6 Å². The van der Waals surface area contributed by atoms with Crippen LogP contribution in [-0.4, -0.2) is 24.0 Å². The highest BCUT2D eigenvalue weighted by Crippen LogP contribution is 2.16. The summed E-state index contributed by atoms with van der Waals surface area (Å²) in [6.07, 6.45) is 2.99. The van der Waals surface area contributed by atoms with Crippen LogP contribution in [0.4, 0.5) is 0 Å². The topological polar surface area (TPSA) is 49.3 Å². The molecular formula is C19H28N4S. The van der Waals surface area contributed by atoms with Gasteiger partial charge in [-0.15, -0.1) is 11.3 Å². The maximum Gasteiger partial charge on any atom is 0.191 e. The van der Waals surface area contributed by atoms with E-state index in [0.717, 1.165) is 30.5 Å². The van der Waals surface area contributed by atoms with Crippen LogP contribution in [0.2, 0.25) is 0 Å². The van der Waals surface area contributed by atoms with E-state index in [9.17, 15) is 0 Å². The lowest BCUT2D eigenvalue weighted by Crippen LogP contribution is -2.39. The summed E-state index contributed by atoms with van der Waals surface area (Å²) in [4.78, 5) is 10.4. The van der Waals surface area contributed by atoms with Crippen LogP contribution < -0.4 is 10.6 Å². The van der Waals surface area contributed by atoms with Crippen LogP contribution in [0.3, 0.4) is 0 Å². The van der Waals surface area contributed by atoms with E-state index in [2.05, 4.69) is 72.6 Å². The molecule has 0 amide bonds. The second-order valence-electron chi connectivity index (χ2n) is 5.97. The smallest absolute Gasteiger partial charge is 0.191 e. The van der Waals surface area contributed by atoms with E-state index in [1.807, 2.05) is 6.20 Å². The van der Waals surface area contributed by atoms with Crippen molar-refractivity contribution in [2.45, 2.75) is 46.6 Å². The normalized spacial score (nSPS) is 12.9. The number of nitrogens with zero attached hydrogens (tertiary/aromatic N) is 2. The molecule has 2 N–H and O–H groups in total. The lowest BCUT2D eigenvalue weighted by atomic mass is 9.99. The number of rotatable bonds is 7. The molecule has 0 saturated heterocycles. The van der Waals surface area contributed by atoms with Crippen molar-refractivity contribution >= 4 is 17.3 Å².